The van der Waals surface area contributed by atoms with E-state index in [1.54, 1.807) is 37.3 Å². The molecule has 0 radical (unpaired) electrons. The minimum Gasteiger partial charge on any atom is -0.493 e. The van der Waals surface area contributed by atoms with E-state index in [2.05, 4.69) is 4.99 Å². The van der Waals surface area contributed by atoms with Crippen LogP contribution in [0.2, 0.25) is 0 Å². The largest absolute Gasteiger partial charge is 0.493 e. The summed E-state index contributed by atoms with van der Waals surface area (Å²) in [6, 6.07) is 9.86. The summed E-state index contributed by atoms with van der Waals surface area (Å²) in [6.45, 7) is 6.89. The molecule has 3 aromatic rings. The molecule has 0 fully saturated rings. The second-order valence-electron chi connectivity index (χ2n) is 9.39. The van der Waals surface area contributed by atoms with Crippen molar-refractivity contribution >= 4 is 35.0 Å². The van der Waals surface area contributed by atoms with Crippen molar-refractivity contribution in [3.05, 3.63) is 94.7 Å². The predicted octanol–water partition coefficient (Wildman–Crippen LogP) is 3.28. The van der Waals surface area contributed by atoms with Crippen LogP contribution in [0.1, 0.15) is 44.9 Å². The Morgan fingerprint density at radius 3 is 2.58 bits per heavy atom. The number of hydrogen-bond acceptors (Lipinski definition) is 10. The zero-order chi connectivity index (χ0) is 29.1. The van der Waals surface area contributed by atoms with Gasteiger partial charge in [0.1, 0.15) is 0 Å². The molecule has 0 unspecified atom stereocenters. The molecule has 0 spiro atoms. The van der Waals surface area contributed by atoms with Crippen molar-refractivity contribution in [3.63, 3.8) is 0 Å². The minimum atomic E-state index is -0.955. The average molecular weight is 566 g/mol. The number of fused-ring (bicyclic) bond motifs is 1. The van der Waals surface area contributed by atoms with Gasteiger partial charge in [0.15, 0.2) is 16.3 Å². The highest BCUT2D eigenvalue weighted by molar-refractivity contribution is 7.07. The standard InChI is InChI=1S/C28H27N3O8S/c1-15(2)14-38-27(34)24-16(3)29-28-30(25(24)19-10-11-21(39-17(4)32)22(12-19)37-5)26(33)23(40-28)13-18-8-6-7-9-20(18)31(35)36/h6-13,15,25H,14H2,1-5H3/b23-13-/t25-/m0/s1. The first kappa shape index (κ1) is 28.4. The van der Waals surface area contributed by atoms with Gasteiger partial charge in [-0.25, -0.2) is 9.79 Å². The Bertz CT molecular complexity index is 1720. The van der Waals surface area contributed by atoms with Crippen LogP contribution in [0, 0.1) is 16.0 Å². The monoisotopic (exact) mass is 565 g/mol. The minimum absolute atomic E-state index is 0.0780. The number of nitro benzene ring substituents is 1. The van der Waals surface area contributed by atoms with Crippen LogP contribution in [0.3, 0.4) is 0 Å². The topological polar surface area (TPSA) is 139 Å². The van der Waals surface area contributed by atoms with Crippen molar-refractivity contribution in [2.24, 2.45) is 10.9 Å². The molecular formula is C28H27N3O8S. The van der Waals surface area contributed by atoms with Crippen LogP contribution in [-0.2, 0) is 14.3 Å². The number of benzene rings is 2. The van der Waals surface area contributed by atoms with Gasteiger partial charge in [0.05, 0.1) is 46.0 Å². The molecule has 4 rings (SSSR count). The Balaban J connectivity index is 1.95. The fourth-order valence-corrected chi connectivity index (χ4v) is 5.27. The van der Waals surface area contributed by atoms with Gasteiger partial charge in [-0.05, 0) is 42.7 Å². The molecule has 1 aliphatic rings. The fraction of sp³-hybridized carbons (Fsp3) is 0.286. The third kappa shape index (κ3) is 5.71. The number of methoxy groups -OCH3 is 1. The number of carbonyl (C=O) groups excluding carboxylic acids is 2. The van der Waals surface area contributed by atoms with E-state index in [4.69, 9.17) is 14.2 Å². The van der Waals surface area contributed by atoms with E-state index in [-0.39, 0.29) is 45.4 Å². The Labute approximate surface area is 232 Å². The number of ether oxygens (including phenoxy) is 3. The molecule has 1 aromatic heterocycles. The average Bonchev–Trinajstić information content (AvgIpc) is 3.20. The molecule has 2 heterocycles. The maximum Gasteiger partial charge on any atom is 0.338 e. The molecule has 0 N–H and O–H groups in total. The third-order valence-electron chi connectivity index (χ3n) is 5.97. The van der Waals surface area contributed by atoms with Gasteiger partial charge in [0, 0.05) is 13.0 Å². The molecule has 1 atom stereocenters. The van der Waals surface area contributed by atoms with E-state index in [9.17, 15) is 24.5 Å². The zero-order valence-corrected chi connectivity index (χ0v) is 23.3. The van der Waals surface area contributed by atoms with Crippen molar-refractivity contribution in [2.45, 2.75) is 33.7 Å². The van der Waals surface area contributed by atoms with Crippen LogP contribution in [0.15, 0.2) is 63.5 Å². The second-order valence-corrected chi connectivity index (χ2v) is 10.4. The number of para-hydroxylation sites is 1. The number of aromatic nitrogens is 1. The first-order valence-corrected chi connectivity index (χ1v) is 13.1. The summed E-state index contributed by atoms with van der Waals surface area (Å²) in [7, 11) is 1.41. The molecule has 0 amide bonds. The number of carbonyl (C=O) groups is 2. The normalized spacial score (nSPS) is 14.9. The summed E-state index contributed by atoms with van der Waals surface area (Å²) in [5.41, 5.74) is 0.625. The lowest BCUT2D eigenvalue weighted by Gasteiger charge is -2.25. The molecule has 0 bridgehead atoms. The SMILES string of the molecule is COc1cc([C@H]2C(C(=O)OCC(C)C)=C(C)N=c3s/c(=C\c4ccccc4[N+](=O)[O-])c(=O)n32)ccc1OC(C)=O. The Morgan fingerprint density at radius 2 is 1.93 bits per heavy atom. The highest BCUT2D eigenvalue weighted by atomic mass is 32.1. The van der Waals surface area contributed by atoms with Crippen LogP contribution in [-0.4, -0.2) is 35.1 Å². The molecule has 40 heavy (non-hydrogen) atoms. The molecule has 208 valence electrons. The number of esters is 2. The van der Waals surface area contributed by atoms with Gasteiger partial charge in [-0.2, -0.15) is 0 Å². The van der Waals surface area contributed by atoms with Gasteiger partial charge in [-0.15, -0.1) is 0 Å². The molecule has 0 aliphatic carbocycles. The molecular weight excluding hydrogens is 538 g/mol. The van der Waals surface area contributed by atoms with Gasteiger partial charge in [0.25, 0.3) is 11.2 Å². The molecule has 2 aromatic carbocycles. The Kier molecular flexibility index (Phi) is 8.29. The van der Waals surface area contributed by atoms with Gasteiger partial charge >= 0.3 is 11.9 Å². The zero-order valence-electron chi connectivity index (χ0n) is 22.5. The number of allylic oxidation sites excluding steroid dienone is 1. The smallest absolute Gasteiger partial charge is 0.338 e. The number of nitrogens with zero attached hydrogens (tertiary/aromatic N) is 3. The van der Waals surface area contributed by atoms with E-state index in [1.807, 2.05) is 13.8 Å². The lowest BCUT2D eigenvalue weighted by molar-refractivity contribution is -0.385. The third-order valence-corrected chi connectivity index (χ3v) is 6.95. The van der Waals surface area contributed by atoms with Crippen molar-refractivity contribution < 1.29 is 28.7 Å². The molecule has 0 saturated carbocycles. The first-order chi connectivity index (χ1) is 19.0. The van der Waals surface area contributed by atoms with Crippen LogP contribution in [0.4, 0.5) is 5.69 Å². The lowest BCUT2D eigenvalue weighted by atomic mass is 9.95. The van der Waals surface area contributed by atoms with E-state index in [0.29, 0.717) is 16.1 Å². The van der Waals surface area contributed by atoms with Crippen molar-refractivity contribution in [1.29, 1.82) is 0 Å². The van der Waals surface area contributed by atoms with E-state index < -0.39 is 28.5 Å². The van der Waals surface area contributed by atoms with E-state index in [1.165, 1.54) is 36.8 Å². The van der Waals surface area contributed by atoms with Gasteiger partial charge < -0.3 is 14.2 Å². The Morgan fingerprint density at radius 1 is 1.20 bits per heavy atom. The van der Waals surface area contributed by atoms with Crippen LogP contribution in [0.5, 0.6) is 11.5 Å². The van der Waals surface area contributed by atoms with Crippen LogP contribution in [0.25, 0.3) is 6.08 Å². The highest BCUT2D eigenvalue weighted by Gasteiger charge is 2.34. The number of rotatable bonds is 8. The van der Waals surface area contributed by atoms with Crippen molar-refractivity contribution in [2.75, 3.05) is 13.7 Å². The lowest BCUT2D eigenvalue weighted by Crippen LogP contribution is -2.40. The second kappa shape index (κ2) is 11.7. The molecule has 11 nitrogen and oxygen atoms in total. The number of thiazole rings is 1. The van der Waals surface area contributed by atoms with Crippen molar-refractivity contribution in [3.8, 4) is 11.5 Å². The van der Waals surface area contributed by atoms with Gasteiger partial charge in [-0.3, -0.25) is 24.3 Å². The summed E-state index contributed by atoms with van der Waals surface area (Å²) in [5.74, 6) is -0.695. The molecule has 0 saturated heterocycles. The summed E-state index contributed by atoms with van der Waals surface area (Å²) < 4.78 is 17.8. The predicted molar refractivity (Wildman–Crippen MR) is 147 cm³/mol. The summed E-state index contributed by atoms with van der Waals surface area (Å²) in [4.78, 5) is 54.6. The van der Waals surface area contributed by atoms with Gasteiger partial charge in [-0.1, -0.05) is 43.4 Å². The quantitative estimate of drug-likeness (QED) is 0.176. The maximum atomic E-state index is 13.8. The summed E-state index contributed by atoms with van der Waals surface area (Å²) in [5, 5.41) is 11.5. The van der Waals surface area contributed by atoms with Crippen LogP contribution >= 0.6 is 11.3 Å². The maximum absolute atomic E-state index is 13.8. The van der Waals surface area contributed by atoms with E-state index in [0.717, 1.165) is 11.3 Å². The van der Waals surface area contributed by atoms with E-state index >= 15 is 0 Å². The van der Waals surface area contributed by atoms with Gasteiger partial charge in [0.2, 0.25) is 0 Å². The summed E-state index contributed by atoms with van der Waals surface area (Å²) in [6.07, 6.45) is 1.44. The van der Waals surface area contributed by atoms with Crippen molar-refractivity contribution in [1.82, 2.24) is 4.57 Å². The number of hydrogen-bond donors (Lipinski definition) is 0. The summed E-state index contributed by atoms with van der Waals surface area (Å²) >= 11 is 1.05. The Hall–Kier alpha value is -4.58. The fourth-order valence-electron chi connectivity index (χ4n) is 4.23. The highest BCUT2D eigenvalue weighted by Crippen LogP contribution is 2.36. The number of nitro groups is 1. The first-order valence-electron chi connectivity index (χ1n) is 12.3. The molecule has 12 heteroatoms. The molecule has 1 aliphatic heterocycles. The van der Waals surface area contributed by atoms with Crippen LogP contribution < -0.4 is 24.4 Å².